The van der Waals surface area contributed by atoms with Gasteiger partial charge in [-0.15, -0.1) is 0 Å². The summed E-state index contributed by atoms with van der Waals surface area (Å²) in [5.41, 5.74) is 0. The first-order valence-electron chi connectivity index (χ1n) is 2.27. The molecule has 0 fully saturated rings. The van der Waals surface area contributed by atoms with Gasteiger partial charge in [0.15, 0.2) is 0 Å². The molecule has 0 heterocycles. The molecule has 0 aliphatic heterocycles. The van der Waals surface area contributed by atoms with Crippen molar-refractivity contribution in [3.8, 4) is 0 Å². The zero-order valence-corrected chi connectivity index (χ0v) is 3.12. The minimum absolute atomic E-state index is 1.50. The Morgan fingerprint density at radius 2 is 2.57 bits per heavy atom. The van der Waals surface area contributed by atoms with E-state index in [1.54, 1.807) is 0 Å². The van der Waals surface area contributed by atoms with E-state index >= 15 is 0 Å². The molecule has 0 amide bonds. The van der Waals surface area contributed by atoms with Gasteiger partial charge in [-0.05, 0) is 0 Å². The standard InChI is InChI=1S/C2H3NO4/c4-2(5)1-3(6)7/h1H2,(H,4,5)/i1D2. The first-order valence-corrected chi connectivity index (χ1v) is 1.27. The summed E-state index contributed by atoms with van der Waals surface area (Å²) in [6.45, 7) is -3.36. The van der Waals surface area contributed by atoms with Crippen LogP contribution in [0.15, 0.2) is 0 Å². The second-order valence-electron chi connectivity index (χ2n) is 0.674. The SMILES string of the molecule is [2H]C([2H])(C(=O)O)[N+](=O)[O-]. The highest BCUT2D eigenvalue weighted by Gasteiger charge is 2.02. The molecule has 0 bridgehead atoms. The van der Waals surface area contributed by atoms with Gasteiger partial charge in [0.1, 0.15) is 2.74 Å². The van der Waals surface area contributed by atoms with E-state index < -0.39 is 17.4 Å². The van der Waals surface area contributed by atoms with Crippen molar-refractivity contribution >= 4 is 5.97 Å². The van der Waals surface area contributed by atoms with Crippen LogP contribution in [-0.2, 0) is 4.79 Å². The van der Waals surface area contributed by atoms with E-state index in [2.05, 4.69) is 0 Å². The van der Waals surface area contributed by atoms with Crippen LogP contribution >= 0.6 is 0 Å². The number of carbonyl (C=O) groups is 1. The van der Waals surface area contributed by atoms with Crippen LogP contribution in [-0.4, -0.2) is 22.5 Å². The summed E-state index contributed by atoms with van der Waals surface area (Å²) in [6.07, 6.45) is 0. The maximum Gasteiger partial charge on any atom is 0.376 e. The van der Waals surface area contributed by atoms with Gasteiger partial charge in [-0.1, -0.05) is 0 Å². The Morgan fingerprint density at radius 3 is 2.57 bits per heavy atom. The second-order valence-corrected chi connectivity index (χ2v) is 0.674. The zero-order chi connectivity index (χ0) is 7.65. The van der Waals surface area contributed by atoms with Crippen LogP contribution in [0.4, 0.5) is 0 Å². The highest BCUT2D eigenvalue weighted by molar-refractivity contribution is 5.67. The van der Waals surface area contributed by atoms with E-state index in [0.717, 1.165) is 0 Å². The molecule has 1 N–H and O–H groups in total. The van der Waals surface area contributed by atoms with Crippen molar-refractivity contribution < 1.29 is 17.6 Å². The van der Waals surface area contributed by atoms with Gasteiger partial charge in [-0.3, -0.25) is 10.1 Å². The van der Waals surface area contributed by atoms with Gasteiger partial charge < -0.3 is 5.11 Å². The molecule has 0 atom stereocenters. The largest absolute Gasteiger partial charge is 0.476 e. The fourth-order valence-electron chi connectivity index (χ4n) is 0.0781. The minimum atomic E-state index is -3.36. The van der Waals surface area contributed by atoms with Crippen LogP contribution in [0.25, 0.3) is 0 Å². The lowest BCUT2D eigenvalue weighted by Crippen LogP contribution is -2.11. The van der Waals surface area contributed by atoms with E-state index in [4.69, 9.17) is 7.85 Å². The number of carboxylic acid groups (broad SMARTS) is 1. The van der Waals surface area contributed by atoms with Gasteiger partial charge in [0, 0.05) is 4.92 Å². The topological polar surface area (TPSA) is 80.4 Å². The van der Waals surface area contributed by atoms with E-state index in [0.29, 0.717) is 0 Å². The Labute approximate surface area is 41.5 Å². The molecule has 0 aromatic carbocycles. The quantitative estimate of drug-likeness (QED) is 0.375. The minimum Gasteiger partial charge on any atom is -0.476 e. The maximum atomic E-state index is 9.65. The molecule has 5 nitrogen and oxygen atoms in total. The van der Waals surface area contributed by atoms with Gasteiger partial charge in [0.05, 0.1) is 0 Å². The number of hydrogen-bond acceptors (Lipinski definition) is 3. The lowest BCUT2D eigenvalue weighted by molar-refractivity contribution is -0.469. The van der Waals surface area contributed by atoms with Crippen molar-refractivity contribution in [1.29, 1.82) is 0 Å². The monoisotopic (exact) mass is 107 g/mol. The normalized spacial score (nSPS) is 14.3. The van der Waals surface area contributed by atoms with Crippen LogP contribution in [0.2, 0.25) is 0 Å². The Balaban J connectivity index is 4.38. The Hall–Kier alpha value is -1.13. The zero-order valence-electron chi connectivity index (χ0n) is 5.12. The Morgan fingerprint density at radius 1 is 2.14 bits per heavy atom. The summed E-state index contributed by atoms with van der Waals surface area (Å²) >= 11 is 0. The van der Waals surface area contributed by atoms with Crippen LogP contribution in [0.1, 0.15) is 2.74 Å². The van der Waals surface area contributed by atoms with Gasteiger partial charge in [-0.25, -0.2) is 4.79 Å². The van der Waals surface area contributed by atoms with Crippen molar-refractivity contribution in [3.63, 3.8) is 0 Å². The summed E-state index contributed by atoms with van der Waals surface area (Å²) < 4.78 is 12.4. The molecule has 0 aromatic rings. The van der Waals surface area contributed by atoms with Crippen molar-refractivity contribution in [2.75, 3.05) is 6.50 Å². The number of hydrogen-bond donors (Lipinski definition) is 1. The summed E-state index contributed by atoms with van der Waals surface area (Å²) in [5, 5.41) is 17.3. The van der Waals surface area contributed by atoms with Gasteiger partial charge in [0.2, 0.25) is 0 Å². The molecule has 0 aliphatic carbocycles. The van der Waals surface area contributed by atoms with E-state index in [1.807, 2.05) is 0 Å². The van der Waals surface area contributed by atoms with Crippen LogP contribution in [0.3, 0.4) is 0 Å². The third-order valence-corrected chi connectivity index (χ3v) is 0.187. The van der Waals surface area contributed by atoms with Gasteiger partial charge in [0.25, 0.3) is 6.50 Å². The number of aliphatic carboxylic acids is 1. The predicted molar refractivity (Wildman–Crippen MR) is 19.5 cm³/mol. The molecule has 0 saturated heterocycles. The van der Waals surface area contributed by atoms with Crippen molar-refractivity contribution in [3.05, 3.63) is 10.1 Å². The van der Waals surface area contributed by atoms with E-state index in [-0.39, 0.29) is 0 Å². The van der Waals surface area contributed by atoms with Crippen molar-refractivity contribution in [2.24, 2.45) is 0 Å². The van der Waals surface area contributed by atoms with Crippen LogP contribution in [0, 0.1) is 10.1 Å². The second kappa shape index (κ2) is 2.12. The van der Waals surface area contributed by atoms with E-state index in [1.165, 1.54) is 0 Å². The Kier molecular flexibility index (Phi) is 0.892. The summed E-state index contributed by atoms with van der Waals surface area (Å²) in [5.74, 6) is -2.09. The van der Waals surface area contributed by atoms with Crippen LogP contribution < -0.4 is 0 Å². The lowest BCUT2D eigenvalue weighted by Gasteiger charge is -1.79. The molecule has 0 unspecified atom stereocenters. The van der Waals surface area contributed by atoms with Crippen molar-refractivity contribution in [2.45, 2.75) is 0 Å². The first kappa shape index (κ1) is 2.95. The highest BCUT2D eigenvalue weighted by atomic mass is 16.6. The number of nitrogens with zero attached hydrogens (tertiary/aromatic N) is 1. The highest BCUT2D eigenvalue weighted by Crippen LogP contribution is 1.64. The smallest absolute Gasteiger partial charge is 0.376 e. The maximum absolute atomic E-state index is 9.65. The fourth-order valence-corrected chi connectivity index (χ4v) is 0.0781. The van der Waals surface area contributed by atoms with Crippen molar-refractivity contribution in [1.82, 2.24) is 0 Å². The van der Waals surface area contributed by atoms with E-state index in [9.17, 15) is 14.9 Å². The first-order chi connectivity index (χ1) is 3.89. The molecule has 0 saturated carbocycles. The molecular weight excluding hydrogens is 102 g/mol. The molecular formula is C2H3NO4. The molecule has 0 aromatic heterocycles. The molecule has 0 spiro atoms. The number of nitro groups is 1. The lowest BCUT2D eigenvalue weighted by atomic mass is 10.7. The molecule has 7 heavy (non-hydrogen) atoms. The number of carboxylic acids is 1. The number of rotatable bonds is 2. The van der Waals surface area contributed by atoms with Gasteiger partial charge >= 0.3 is 5.97 Å². The summed E-state index contributed by atoms with van der Waals surface area (Å²) in [6, 6.07) is 0. The predicted octanol–water partition coefficient (Wildman–Crippen LogP) is -0.652. The Bertz CT molecular complexity index is 139. The molecule has 40 valence electrons. The third kappa shape index (κ3) is 4.87. The fraction of sp³-hybridized carbons (Fsp3) is 0.500. The molecule has 5 heteroatoms. The molecule has 0 rings (SSSR count). The van der Waals surface area contributed by atoms with Gasteiger partial charge in [-0.2, -0.15) is 0 Å². The average Bonchev–Trinajstić information content (AvgIpc) is 1.65. The molecule has 0 aliphatic rings. The third-order valence-electron chi connectivity index (χ3n) is 0.187. The average molecular weight is 107 g/mol. The summed E-state index contributed by atoms with van der Waals surface area (Å²) in [7, 11) is 0. The van der Waals surface area contributed by atoms with Crippen LogP contribution in [0.5, 0.6) is 0 Å². The summed E-state index contributed by atoms with van der Waals surface area (Å²) in [4.78, 5) is 17.7. The molecule has 0 radical (unpaired) electrons.